The molecule has 1 N–H and O–H groups in total. The van der Waals surface area contributed by atoms with Crippen LogP contribution in [0, 0.1) is 12.3 Å². The third kappa shape index (κ3) is 3.46. The molecule has 0 bridgehead atoms. The van der Waals surface area contributed by atoms with E-state index in [0.717, 1.165) is 0 Å². The van der Waals surface area contributed by atoms with Gasteiger partial charge in [-0.1, -0.05) is 0 Å². The van der Waals surface area contributed by atoms with Crippen molar-refractivity contribution in [2.24, 2.45) is 0 Å². The first-order chi connectivity index (χ1) is 7.54. The van der Waals surface area contributed by atoms with E-state index in [1.54, 1.807) is 13.8 Å². The summed E-state index contributed by atoms with van der Waals surface area (Å²) in [5.74, 6) is 2.33. The minimum Gasteiger partial charge on any atom is -0.391 e. The summed E-state index contributed by atoms with van der Waals surface area (Å²) >= 11 is 0. The van der Waals surface area contributed by atoms with E-state index >= 15 is 0 Å². The molecule has 1 rings (SSSR count). The van der Waals surface area contributed by atoms with E-state index in [4.69, 9.17) is 15.9 Å². The Morgan fingerprint density at radius 3 is 2.94 bits per heavy atom. The zero-order valence-electron chi connectivity index (χ0n) is 9.42. The van der Waals surface area contributed by atoms with Crippen molar-refractivity contribution in [3.05, 3.63) is 12.2 Å². The van der Waals surface area contributed by atoms with Gasteiger partial charge in [0.15, 0.2) is 12.1 Å². The van der Waals surface area contributed by atoms with Crippen molar-refractivity contribution >= 4 is 5.78 Å². The number of terminal acetylenes is 1. The van der Waals surface area contributed by atoms with Crippen LogP contribution < -0.4 is 0 Å². The number of carbonyl (C=O) groups excluding carboxylic acids is 1. The lowest BCUT2D eigenvalue weighted by molar-refractivity contribution is -0.187. The fraction of sp³-hybridized carbons (Fsp3) is 0.583. The van der Waals surface area contributed by atoms with Gasteiger partial charge in [0.1, 0.15) is 6.10 Å². The third-order valence-corrected chi connectivity index (χ3v) is 2.32. The fourth-order valence-electron chi connectivity index (χ4n) is 1.32. The lowest BCUT2D eigenvalue weighted by atomic mass is 10.1. The van der Waals surface area contributed by atoms with Crippen LogP contribution in [0.25, 0.3) is 0 Å². The fourth-order valence-corrected chi connectivity index (χ4v) is 1.32. The van der Waals surface area contributed by atoms with Crippen LogP contribution in [0.1, 0.15) is 20.3 Å². The number of rotatable bonds is 4. The van der Waals surface area contributed by atoms with Crippen LogP contribution in [-0.2, 0) is 14.3 Å². The Morgan fingerprint density at radius 2 is 2.44 bits per heavy atom. The normalized spacial score (nSPS) is 28.5. The van der Waals surface area contributed by atoms with Crippen molar-refractivity contribution in [1.82, 2.24) is 0 Å². The van der Waals surface area contributed by atoms with Gasteiger partial charge in [-0.25, -0.2) is 0 Å². The monoisotopic (exact) mass is 224 g/mol. The summed E-state index contributed by atoms with van der Waals surface area (Å²) in [6, 6.07) is 0. The molecule has 0 aromatic heterocycles. The van der Waals surface area contributed by atoms with Gasteiger partial charge in [-0.3, -0.25) is 4.79 Å². The molecule has 0 unspecified atom stereocenters. The van der Waals surface area contributed by atoms with Crippen LogP contribution >= 0.6 is 0 Å². The minimum atomic E-state index is -0.680. The molecular formula is C12H16O4. The maximum Gasteiger partial charge on any atom is 0.184 e. The molecule has 0 spiro atoms. The lowest BCUT2D eigenvalue weighted by Crippen LogP contribution is -2.36. The predicted molar refractivity (Wildman–Crippen MR) is 58.5 cm³/mol. The van der Waals surface area contributed by atoms with Crippen LogP contribution in [0.2, 0.25) is 0 Å². The second kappa shape index (κ2) is 5.80. The van der Waals surface area contributed by atoms with E-state index in [1.807, 2.05) is 0 Å². The highest BCUT2D eigenvalue weighted by Crippen LogP contribution is 2.15. The Balaban J connectivity index is 2.56. The van der Waals surface area contributed by atoms with Gasteiger partial charge in [0, 0.05) is 6.42 Å². The Labute approximate surface area is 95.2 Å². The standard InChI is InChI=1S/C12H16O4/c1-4-5-11(8(2)13)16-12-7-6-10(14)9(3)15-12/h1,6-9,11-13H,5H2,2-3H3/t8-,9-,11-,12-/m0/s1. The number of ketones is 1. The van der Waals surface area contributed by atoms with E-state index in [-0.39, 0.29) is 5.78 Å². The largest absolute Gasteiger partial charge is 0.391 e. The minimum absolute atomic E-state index is 0.0922. The third-order valence-electron chi connectivity index (χ3n) is 2.32. The van der Waals surface area contributed by atoms with Gasteiger partial charge in [-0.15, -0.1) is 12.3 Å². The van der Waals surface area contributed by atoms with Crippen molar-refractivity contribution in [2.45, 2.75) is 44.9 Å². The molecule has 1 aliphatic rings. The summed E-state index contributed by atoms with van der Waals surface area (Å²) in [6.07, 6.45) is 6.11. The Kier molecular flexibility index (Phi) is 4.69. The molecule has 4 atom stereocenters. The molecular weight excluding hydrogens is 208 g/mol. The molecule has 0 aromatic carbocycles. The van der Waals surface area contributed by atoms with Gasteiger partial charge < -0.3 is 14.6 Å². The van der Waals surface area contributed by atoms with Crippen molar-refractivity contribution in [3.8, 4) is 12.3 Å². The average Bonchev–Trinajstić information content (AvgIpc) is 2.22. The second-order valence-electron chi connectivity index (χ2n) is 3.73. The second-order valence-corrected chi connectivity index (χ2v) is 3.73. The average molecular weight is 224 g/mol. The van der Waals surface area contributed by atoms with E-state index in [2.05, 4.69) is 5.92 Å². The molecule has 0 aromatic rings. The molecule has 1 aliphatic heterocycles. The lowest BCUT2D eigenvalue weighted by Gasteiger charge is -2.27. The number of carbonyl (C=O) groups is 1. The molecule has 16 heavy (non-hydrogen) atoms. The van der Waals surface area contributed by atoms with Crippen molar-refractivity contribution in [2.75, 3.05) is 0 Å². The van der Waals surface area contributed by atoms with Gasteiger partial charge in [-0.2, -0.15) is 0 Å². The first-order valence-electron chi connectivity index (χ1n) is 5.19. The molecule has 0 radical (unpaired) electrons. The first kappa shape index (κ1) is 12.9. The highest BCUT2D eigenvalue weighted by atomic mass is 16.7. The molecule has 1 heterocycles. The van der Waals surface area contributed by atoms with Crippen LogP contribution in [-0.4, -0.2) is 35.5 Å². The van der Waals surface area contributed by atoms with E-state index < -0.39 is 24.6 Å². The summed E-state index contributed by atoms with van der Waals surface area (Å²) in [4.78, 5) is 11.1. The maximum atomic E-state index is 11.1. The zero-order chi connectivity index (χ0) is 12.1. The number of aliphatic hydroxyl groups is 1. The Hall–Kier alpha value is -1.15. The van der Waals surface area contributed by atoms with Crippen LogP contribution in [0.15, 0.2) is 12.2 Å². The molecule has 0 aliphatic carbocycles. The quantitative estimate of drug-likeness (QED) is 0.712. The first-order valence-corrected chi connectivity index (χ1v) is 5.19. The van der Waals surface area contributed by atoms with E-state index in [1.165, 1.54) is 12.2 Å². The van der Waals surface area contributed by atoms with E-state index in [9.17, 15) is 9.90 Å². The number of hydrogen-bond donors (Lipinski definition) is 1. The van der Waals surface area contributed by atoms with Gasteiger partial charge in [0.2, 0.25) is 0 Å². The van der Waals surface area contributed by atoms with Crippen LogP contribution in [0.3, 0.4) is 0 Å². The number of hydrogen-bond acceptors (Lipinski definition) is 4. The van der Waals surface area contributed by atoms with Gasteiger partial charge in [0.25, 0.3) is 0 Å². The molecule has 88 valence electrons. The van der Waals surface area contributed by atoms with E-state index in [0.29, 0.717) is 6.42 Å². The van der Waals surface area contributed by atoms with Gasteiger partial charge in [-0.05, 0) is 26.0 Å². The summed E-state index contributed by atoms with van der Waals surface area (Å²) in [6.45, 7) is 3.25. The van der Waals surface area contributed by atoms with Crippen molar-refractivity contribution in [1.29, 1.82) is 0 Å². The molecule has 0 saturated carbocycles. The molecule has 4 heteroatoms. The predicted octanol–water partition coefficient (Wildman–Crippen LogP) is 0.646. The Morgan fingerprint density at radius 1 is 1.75 bits per heavy atom. The zero-order valence-corrected chi connectivity index (χ0v) is 9.42. The molecule has 0 saturated heterocycles. The SMILES string of the molecule is C#CC[C@H](O[C@H]1C=CC(=O)[C@H](C)O1)[C@H](C)O. The number of ether oxygens (including phenoxy) is 2. The summed E-state index contributed by atoms with van der Waals surface area (Å²) in [5.41, 5.74) is 0. The smallest absolute Gasteiger partial charge is 0.184 e. The van der Waals surface area contributed by atoms with Crippen molar-refractivity contribution in [3.63, 3.8) is 0 Å². The summed E-state index contributed by atoms with van der Waals surface area (Å²) in [5, 5.41) is 9.42. The highest BCUT2D eigenvalue weighted by Gasteiger charge is 2.25. The molecule has 0 amide bonds. The van der Waals surface area contributed by atoms with Gasteiger partial charge in [0.05, 0.1) is 12.2 Å². The van der Waals surface area contributed by atoms with Crippen LogP contribution in [0.5, 0.6) is 0 Å². The topological polar surface area (TPSA) is 55.8 Å². The van der Waals surface area contributed by atoms with Crippen LogP contribution in [0.4, 0.5) is 0 Å². The highest BCUT2D eigenvalue weighted by molar-refractivity contribution is 5.93. The summed E-state index contributed by atoms with van der Waals surface area (Å²) < 4.78 is 10.7. The maximum absolute atomic E-state index is 11.1. The molecule has 4 nitrogen and oxygen atoms in total. The molecule has 0 fully saturated rings. The van der Waals surface area contributed by atoms with Gasteiger partial charge >= 0.3 is 0 Å². The number of aliphatic hydroxyl groups excluding tert-OH is 1. The Bertz CT molecular complexity index is 313. The summed E-state index contributed by atoms with van der Waals surface area (Å²) in [7, 11) is 0. The van der Waals surface area contributed by atoms with Crippen molar-refractivity contribution < 1.29 is 19.4 Å².